The summed E-state index contributed by atoms with van der Waals surface area (Å²) in [6.45, 7) is 2.46. The zero-order valence-corrected chi connectivity index (χ0v) is 14.1. The Kier molecular flexibility index (Phi) is 6.66. The molecule has 21 heavy (non-hydrogen) atoms. The fourth-order valence-electron chi connectivity index (χ4n) is 3.05. The average Bonchev–Trinajstić information content (AvgIpc) is 2.42. The smallest absolute Gasteiger partial charge is 0.216 e. The Bertz CT molecular complexity index is 536. The zero-order chi connectivity index (χ0) is 14.6. The Balaban J connectivity index is 0.00000220. The molecule has 0 radical (unpaired) electrons. The van der Waals surface area contributed by atoms with Crippen molar-refractivity contribution in [1.82, 2.24) is 4.72 Å². The fraction of sp³-hybridized carbons (Fsp3) is 0.600. The van der Waals surface area contributed by atoms with Crippen molar-refractivity contribution in [2.75, 3.05) is 6.54 Å². The van der Waals surface area contributed by atoms with Crippen LogP contribution in [0.15, 0.2) is 30.3 Å². The molecular weight excluding hydrogens is 308 g/mol. The summed E-state index contributed by atoms with van der Waals surface area (Å²) in [5.41, 5.74) is 6.24. The molecule has 2 rings (SSSR count). The van der Waals surface area contributed by atoms with Crippen LogP contribution in [0, 0.1) is 5.92 Å². The van der Waals surface area contributed by atoms with Gasteiger partial charge >= 0.3 is 0 Å². The first kappa shape index (κ1) is 18.4. The molecular formula is C15H25ClN2O2S. The van der Waals surface area contributed by atoms with E-state index in [2.05, 4.69) is 11.6 Å². The van der Waals surface area contributed by atoms with Crippen molar-refractivity contribution in [2.24, 2.45) is 11.7 Å². The molecule has 2 atom stereocenters. The second-order valence-corrected chi connectivity index (χ2v) is 7.58. The van der Waals surface area contributed by atoms with Gasteiger partial charge in [-0.05, 0) is 24.3 Å². The van der Waals surface area contributed by atoms with Gasteiger partial charge in [-0.1, -0.05) is 50.1 Å². The van der Waals surface area contributed by atoms with E-state index in [4.69, 9.17) is 5.73 Å². The summed E-state index contributed by atoms with van der Waals surface area (Å²) in [5.74, 6) is 0.300. The van der Waals surface area contributed by atoms with Crippen LogP contribution < -0.4 is 10.5 Å². The number of hydrogen-bond donors (Lipinski definition) is 2. The van der Waals surface area contributed by atoms with Crippen molar-refractivity contribution in [3.8, 4) is 0 Å². The Labute approximate surface area is 134 Å². The minimum atomic E-state index is -3.37. The molecule has 0 aliphatic heterocycles. The van der Waals surface area contributed by atoms with Crippen molar-refractivity contribution in [3.05, 3.63) is 35.9 Å². The summed E-state index contributed by atoms with van der Waals surface area (Å²) in [5, 5.41) is 0. The molecule has 0 aromatic heterocycles. The average molecular weight is 333 g/mol. The molecule has 120 valence electrons. The molecule has 0 heterocycles. The summed E-state index contributed by atoms with van der Waals surface area (Å²) >= 11 is 0. The van der Waals surface area contributed by atoms with Crippen LogP contribution in [-0.2, 0) is 15.8 Å². The van der Waals surface area contributed by atoms with Crippen LogP contribution in [0.3, 0.4) is 0 Å². The van der Waals surface area contributed by atoms with Gasteiger partial charge in [0, 0.05) is 12.1 Å². The highest BCUT2D eigenvalue weighted by molar-refractivity contribution is 7.88. The number of rotatable bonds is 5. The maximum absolute atomic E-state index is 12.4. The lowest BCUT2D eigenvalue weighted by molar-refractivity contribution is 0.191. The van der Waals surface area contributed by atoms with Crippen LogP contribution in [0.2, 0.25) is 0 Å². The number of nitrogens with one attached hydrogen (secondary N) is 1. The second kappa shape index (κ2) is 7.58. The van der Waals surface area contributed by atoms with Gasteiger partial charge in [-0.2, -0.15) is 0 Å². The zero-order valence-electron chi connectivity index (χ0n) is 12.4. The highest BCUT2D eigenvalue weighted by atomic mass is 35.5. The van der Waals surface area contributed by atoms with Crippen LogP contribution in [0.1, 0.15) is 38.2 Å². The van der Waals surface area contributed by atoms with Crippen molar-refractivity contribution in [2.45, 2.75) is 43.9 Å². The van der Waals surface area contributed by atoms with Gasteiger partial charge in [0.05, 0.1) is 5.75 Å². The molecule has 1 saturated carbocycles. The van der Waals surface area contributed by atoms with E-state index in [9.17, 15) is 8.42 Å². The minimum Gasteiger partial charge on any atom is -0.329 e. The van der Waals surface area contributed by atoms with E-state index in [-0.39, 0.29) is 24.1 Å². The lowest BCUT2D eigenvalue weighted by Gasteiger charge is -2.42. The molecule has 2 unspecified atom stereocenters. The van der Waals surface area contributed by atoms with Gasteiger partial charge in [0.1, 0.15) is 0 Å². The Morgan fingerprint density at radius 1 is 1.29 bits per heavy atom. The van der Waals surface area contributed by atoms with Gasteiger partial charge in [-0.3, -0.25) is 0 Å². The lowest BCUT2D eigenvalue weighted by Crippen LogP contribution is -2.59. The van der Waals surface area contributed by atoms with E-state index in [0.717, 1.165) is 31.2 Å². The quantitative estimate of drug-likeness (QED) is 0.869. The van der Waals surface area contributed by atoms with Crippen molar-refractivity contribution in [1.29, 1.82) is 0 Å². The largest absolute Gasteiger partial charge is 0.329 e. The number of halogens is 1. The monoisotopic (exact) mass is 332 g/mol. The first-order chi connectivity index (χ1) is 9.47. The molecule has 0 saturated heterocycles. The topological polar surface area (TPSA) is 72.2 Å². The van der Waals surface area contributed by atoms with E-state index in [1.54, 1.807) is 0 Å². The molecule has 0 spiro atoms. The first-order valence-corrected chi connectivity index (χ1v) is 8.88. The van der Waals surface area contributed by atoms with Crippen molar-refractivity contribution in [3.63, 3.8) is 0 Å². The third kappa shape index (κ3) is 4.68. The fourth-order valence-corrected chi connectivity index (χ4v) is 4.76. The lowest BCUT2D eigenvalue weighted by atomic mass is 9.74. The highest BCUT2D eigenvalue weighted by Crippen LogP contribution is 2.33. The maximum Gasteiger partial charge on any atom is 0.216 e. The van der Waals surface area contributed by atoms with Gasteiger partial charge < -0.3 is 5.73 Å². The van der Waals surface area contributed by atoms with Gasteiger partial charge in [0.2, 0.25) is 10.0 Å². The number of sulfonamides is 1. The van der Waals surface area contributed by atoms with Gasteiger partial charge in [-0.15, -0.1) is 12.4 Å². The Morgan fingerprint density at radius 3 is 2.52 bits per heavy atom. The third-order valence-electron chi connectivity index (χ3n) is 4.38. The minimum absolute atomic E-state index is 0. The van der Waals surface area contributed by atoms with Crippen LogP contribution in [0.25, 0.3) is 0 Å². The molecule has 1 aromatic carbocycles. The summed E-state index contributed by atoms with van der Waals surface area (Å²) < 4.78 is 27.7. The Hall–Kier alpha value is -0.620. The SMILES string of the molecule is CC1CCCCC1(CN)NS(=O)(=O)Cc1ccccc1.Cl. The summed E-state index contributed by atoms with van der Waals surface area (Å²) in [6, 6.07) is 9.25. The summed E-state index contributed by atoms with van der Waals surface area (Å²) in [7, 11) is -3.37. The molecule has 1 aliphatic carbocycles. The summed E-state index contributed by atoms with van der Waals surface area (Å²) in [4.78, 5) is 0. The van der Waals surface area contributed by atoms with E-state index >= 15 is 0 Å². The number of benzene rings is 1. The van der Waals surface area contributed by atoms with Crippen LogP contribution in [-0.4, -0.2) is 20.5 Å². The van der Waals surface area contributed by atoms with E-state index in [0.29, 0.717) is 6.54 Å². The van der Waals surface area contributed by atoms with Crippen LogP contribution in [0.4, 0.5) is 0 Å². The Morgan fingerprint density at radius 2 is 1.95 bits per heavy atom. The molecule has 3 N–H and O–H groups in total. The van der Waals surface area contributed by atoms with E-state index in [1.807, 2.05) is 30.3 Å². The normalized spacial score (nSPS) is 26.1. The molecule has 0 bridgehead atoms. The second-order valence-electron chi connectivity index (χ2n) is 5.85. The van der Waals surface area contributed by atoms with Crippen molar-refractivity contribution < 1.29 is 8.42 Å². The first-order valence-electron chi connectivity index (χ1n) is 7.23. The van der Waals surface area contributed by atoms with Crippen molar-refractivity contribution >= 4 is 22.4 Å². The standard InChI is InChI=1S/C15H24N2O2S.ClH/c1-13-7-5-6-10-15(13,12-16)17-20(18,19)11-14-8-3-2-4-9-14;/h2-4,8-9,13,17H,5-7,10-12,16H2,1H3;1H. The van der Waals surface area contributed by atoms with Gasteiger partial charge in [0.15, 0.2) is 0 Å². The maximum atomic E-state index is 12.4. The number of nitrogens with two attached hydrogens (primary N) is 1. The molecule has 6 heteroatoms. The number of hydrogen-bond acceptors (Lipinski definition) is 3. The summed E-state index contributed by atoms with van der Waals surface area (Å²) in [6.07, 6.45) is 4.06. The molecule has 0 amide bonds. The van der Waals surface area contributed by atoms with Crippen LogP contribution >= 0.6 is 12.4 Å². The van der Waals surface area contributed by atoms with E-state index < -0.39 is 15.6 Å². The van der Waals surface area contributed by atoms with Gasteiger partial charge in [0.25, 0.3) is 0 Å². The highest BCUT2D eigenvalue weighted by Gasteiger charge is 2.40. The third-order valence-corrected chi connectivity index (χ3v) is 5.81. The molecule has 1 fully saturated rings. The molecule has 4 nitrogen and oxygen atoms in total. The van der Waals surface area contributed by atoms with Gasteiger partial charge in [-0.25, -0.2) is 13.1 Å². The van der Waals surface area contributed by atoms with E-state index in [1.165, 1.54) is 0 Å². The van der Waals surface area contributed by atoms with Crippen LogP contribution in [0.5, 0.6) is 0 Å². The predicted octanol–water partition coefficient (Wildman–Crippen LogP) is 2.44. The molecule has 1 aliphatic rings. The predicted molar refractivity (Wildman–Crippen MR) is 88.9 cm³/mol. The molecule has 1 aromatic rings.